The van der Waals surface area contributed by atoms with Gasteiger partial charge in [0, 0.05) is 24.1 Å². The minimum atomic E-state index is -3.10. The van der Waals surface area contributed by atoms with Crippen LogP contribution in [0.2, 0.25) is 0 Å². The number of aliphatic carboxylic acids is 1. The number of halogens is 2. The molecule has 0 heterocycles. The van der Waals surface area contributed by atoms with Crippen molar-refractivity contribution in [2.24, 2.45) is 0 Å². The number of hydrogen-bond donors (Lipinski definition) is 1. The third kappa shape index (κ3) is 6.12. The van der Waals surface area contributed by atoms with Gasteiger partial charge in [-0.15, -0.1) is 0 Å². The molecule has 0 saturated carbocycles. The number of hydrogen-bond acceptors (Lipinski definition) is 3. The summed E-state index contributed by atoms with van der Waals surface area (Å²) in [5.41, 5.74) is 0.765. The van der Waals surface area contributed by atoms with Crippen molar-refractivity contribution in [1.29, 1.82) is 0 Å². The molecule has 1 atom stereocenters. The molecular formula is C25H25F2NO3. The Balaban J connectivity index is 1.74. The zero-order chi connectivity index (χ0) is 22.3. The summed E-state index contributed by atoms with van der Waals surface area (Å²) in [6.07, 6.45) is 0.216. The standard InChI is InChI=1S/C25H25F2NO3/c1-28(18-24(29)30)17-16-23(19-8-4-2-5-9-19)31-22-14-12-21(13-15-22)25(26,27)20-10-6-3-7-11-20/h2-15,23H,16-18H2,1H3,(H,29,30). The first-order chi connectivity index (χ1) is 14.9. The third-order valence-corrected chi connectivity index (χ3v) is 4.98. The van der Waals surface area contributed by atoms with Crippen molar-refractivity contribution < 1.29 is 23.4 Å². The summed E-state index contributed by atoms with van der Waals surface area (Å²) in [5, 5.41) is 8.94. The van der Waals surface area contributed by atoms with Gasteiger partial charge in [-0.2, -0.15) is 8.78 Å². The smallest absolute Gasteiger partial charge is 0.317 e. The first-order valence-corrected chi connectivity index (χ1v) is 10.0. The number of rotatable bonds is 10. The number of carboxylic acid groups (broad SMARTS) is 1. The van der Waals surface area contributed by atoms with E-state index in [0.717, 1.165) is 5.56 Å². The Morgan fingerprint density at radius 3 is 2.06 bits per heavy atom. The van der Waals surface area contributed by atoms with Gasteiger partial charge in [-0.05, 0) is 36.9 Å². The Labute approximate surface area is 180 Å². The summed E-state index contributed by atoms with van der Waals surface area (Å²) < 4.78 is 35.6. The number of carboxylic acids is 1. The molecule has 1 unspecified atom stereocenters. The third-order valence-electron chi connectivity index (χ3n) is 4.98. The van der Waals surface area contributed by atoms with Gasteiger partial charge >= 0.3 is 5.97 Å². The number of alkyl halides is 2. The molecule has 0 saturated heterocycles. The van der Waals surface area contributed by atoms with E-state index in [0.29, 0.717) is 18.7 Å². The first kappa shape index (κ1) is 22.4. The lowest BCUT2D eigenvalue weighted by Crippen LogP contribution is -2.28. The Kier molecular flexibility index (Phi) is 7.36. The minimum absolute atomic E-state index is 0.0627. The van der Waals surface area contributed by atoms with Gasteiger partial charge < -0.3 is 9.84 Å². The lowest BCUT2D eigenvalue weighted by Gasteiger charge is -2.23. The van der Waals surface area contributed by atoms with E-state index in [-0.39, 0.29) is 23.8 Å². The first-order valence-electron chi connectivity index (χ1n) is 10.0. The Morgan fingerprint density at radius 2 is 1.48 bits per heavy atom. The van der Waals surface area contributed by atoms with Crippen molar-refractivity contribution >= 4 is 5.97 Å². The van der Waals surface area contributed by atoms with Gasteiger partial charge in [0.25, 0.3) is 5.92 Å². The molecule has 0 aliphatic carbocycles. The Morgan fingerprint density at radius 1 is 0.935 bits per heavy atom. The maximum absolute atomic E-state index is 14.8. The number of ether oxygens (including phenoxy) is 1. The topological polar surface area (TPSA) is 49.8 Å². The number of nitrogens with zero attached hydrogens (tertiary/aromatic N) is 1. The summed E-state index contributed by atoms with van der Waals surface area (Å²) in [6, 6.07) is 23.1. The zero-order valence-electron chi connectivity index (χ0n) is 17.2. The maximum Gasteiger partial charge on any atom is 0.317 e. The highest BCUT2D eigenvalue weighted by Crippen LogP contribution is 2.36. The second-order valence-electron chi connectivity index (χ2n) is 7.40. The number of likely N-dealkylation sites (N-methyl/N-ethyl adjacent to an activating group) is 1. The average molecular weight is 425 g/mol. The van der Waals surface area contributed by atoms with Crippen molar-refractivity contribution in [2.45, 2.75) is 18.4 Å². The predicted molar refractivity (Wildman–Crippen MR) is 115 cm³/mol. The quantitative estimate of drug-likeness (QED) is 0.476. The van der Waals surface area contributed by atoms with Crippen LogP contribution in [0.3, 0.4) is 0 Å². The van der Waals surface area contributed by atoms with Crippen molar-refractivity contribution in [3.8, 4) is 5.75 Å². The molecule has 0 radical (unpaired) electrons. The highest BCUT2D eigenvalue weighted by atomic mass is 19.3. The van der Waals surface area contributed by atoms with Crippen LogP contribution in [0.4, 0.5) is 8.78 Å². The normalized spacial score (nSPS) is 12.5. The van der Waals surface area contributed by atoms with Crippen molar-refractivity contribution in [1.82, 2.24) is 4.90 Å². The van der Waals surface area contributed by atoms with Crippen LogP contribution in [0.5, 0.6) is 5.75 Å². The van der Waals surface area contributed by atoms with Gasteiger partial charge in [0.15, 0.2) is 0 Å². The highest BCUT2D eigenvalue weighted by Gasteiger charge is 2.33. The molecular weight excluding hydrogens is 400 g/mol. The molecule has 0 amide bonds. The van der Waals surface area contributed by atoms with E-state index in [2.05, 4.69) is 0 Å². The maximum atomic E-state index is 14.8. The summed E-state index contributed by atoms with van der Waals surface area (Å²) >= 11 is 0. The molecule has 3 aromatic carbocycles. The van der Waals surface area contributed by atoms with Crippen LogP contribution < -0.4 is 4.74 Å². The van der Waals surface area contributed by atoms with Gasteiger partial charge in [0.1, 0.15) is 11.9 Å². The van der Waals surface area contributed by atoms with Crippen molar-refractivity contribution in [3.63, 3.8) is 0 Å². The fourth-order valence-corrected chi connectivity index (χ4v) is 3.33. The Bertz CT molecular complexity index is 963. The monoisotopic (exact) mass is 425 g/mol. The van der Waals surface area contributed by atoms with E-state index in [1.165, 1.54) is 24.3 Å². The number of carbonyl (C=O) groups is 1. The molecule has 3 rings (SSSR count). The average Bonchev–Trinajstić information content (AvgIpc) is 2.77. The van der Waals surface area contributed by atoms with Gasteiger partial charge in [0.2, 0.25) is 0 Å². The van der Waals surface area contributed by atoms with Crippen LogP contribution in [0.1, 0.15) is 29.2 Å². The molecule has 6 heteroatoms. The fourth-order valence-electron chi connectivity index (χ4n) is 3.33. The van der Waals surface area contributed by atoms with Crippen molar-refractivity contribution in [2.75, 3.05) is 20.1 Å². The predicted octanol–water partition coefficient (Wildman–Crippen LogP) is 5.35. The van der Waals surface area contributed by atoms with Crippen LogP contribution in [-0.2, 0) is 10.7 Å². The molecule has 0 spiro atoms. The number of benzene rings is 3. The second-order valence-corrected chi connectivity index (χ2v) is 7.40. The van der Waals surface area contributed by atoms with Gasteiger partial charge in [-0.1, -0.05) is 60.7 Å². The second kappa shape index (κ2) is 10.2. The molecule has 1 N–H and O–H groups in total. The zero-order valence-corrected chi connectivity index (χ0v) is 17.2. The molecule has 162 valence electrons. The minimum Gasteiger partial charge on any atom is -0.486 e. The summed E-state index contributed by atoms with van der Waals surface area (Å²) in [6.45, 7) is 0.445. The van der Waals surface area contributed by atoms with Crippen LogP contribution in [0.15, 0.2) is 84.9 Å². The molecule has 0 bridgehead atoms. The van der Waals surface area contributed by atoms with Crippen LogP contribution >= 0.6 is 0 Å². The highest BCUT2D eigenvalue weighted by molar-refractivity contribution is 5.69. The van der Waals surface area contributed by atoms with Gasteiger partial charge in [-0.3, -0.25) is 9.69 Å². The molecule has 0 aromatic heterocycles. The largest absolute Gasteiger partial charge is 0.486 e. The molecule has 0 fully saturated rings. The summed E-state index contributed by atoms with van der Waals surface area (Å²) in [7, 11) is 1.73. The van der Waals surface area contributed by atoms with Crippen molar-refractivity contribution in [3.05, 3.63) is 102 Å². The lowest BCUT2D eigenvalue weighted by molar-refractivity contribution is -0.138. The van der Waals surface area contributed by atoms with Crippen LogP contribution in [-0.4, -0.2) is 36.1 Å². The molecule has 3 aromatic rings. The molecule has 0 aliphatic heterocycles. The Hall–Kier alpha value is -3.25. The van der Waals surface area contributed by atoms with E-state index < -0.39 is 11.9 Å². The van der Waals surface area contributed by atoms with E-state index in [1.54, 1.807) is 42.3 Å². The van der Waals surface area contributed by atoms with Gasteiger partial charge in [0.05, 0.1) is 6.54 Å². The van der Waals surface area contributed by atoms with E-state index in [9.17, 15) is 13.6 Å². The molecule has 0 aliphatic rings. The van der Waals surface area contributed by atoms with Crippen LogP contribution in [0.25, 0.3) is 0 Å². The summed E-state index contributed by atoms with van der Waals surface area (Å²) in [5.74, 6) is -3.52. The lowest BCUT2D eigenvalue weighted by atomic mass is 10.0. The fraction of sp³-hybridized carbons (Fsp3) is 0.240. The van der Waals surface area contributed by atoms with E-state index >= 15 is 0 Å². The van der Waals surface area contributed by atoms with Gasteiger partial charge in [-0.25, -0.2) is 0 Å². The summed E-state index contributed by atoms with van der Waals surface area (Å²) in [4.78, 5) is 12.6. The molecule has 4 nitrogen and oxygen atoms in total. The SMILES string of the molecule is CN(CCC(Oc1ccc(C(F)(F)c2ccccc2)cc1)c1ccccc1)CC(=O)O. The molecule has 31 heavy (non-hydrogen) atoms. The van der Waals surface area contributed by atoms with E-state index in [1.807, 2.05) is 30.3 Å². The van der Waals surface area contributed by atoms with Crippen LogP contribution in [0, 0.1) is 0 Å². The van der Waals surface area contributed by atoms with E-state index in [4.69, 9.17) is 9.84 Å².